The Balaban J connectivity index is 2.96. The van der Waals surface area contributed by atoms with Crippen LogP contribution >= 0.6 is 0 Å². The Hall–Kier alpha value is -1.43. The number of rotatable bonds is 4. The van der Waals surface area contributed by atoms with Gasteiger partial charge in [0.15, 0.2) is 0 Å². The predicted molar refractivity (Wildman–Crippen MR) is 57.1 cm³/mol. The van der Waals surface area contributed by atoms with Crippen LogP contribution in [0.3, 0.4) is 0 Å². The summed E-state index contributed by atoms with van der Waals surface area (Å²) in [4.78, 5) is 0. The van der Waals surface area contributed by atoms with Gasteiger partial charge in [-0.1, -0.05) is 6.07 Å². The first-order valence-corrected chi connectivity index (χ1v) is 4.91. The monoisotopic (exact) mass is 249 g/mol. The van der Waals surface area contributed by atoms with Gasteiger partial charge >= 0.3 is 6.18 Å². The maximum absolute atomic E-state index is 12.2. The number of hydrogen-bond acceptors (Lipinski definition) is 3. The van der Waals surface area contributed by atoms with E-state index in [9.17, 15) is 13.2 Å². The van der Waals surface area contributed by atoms with E-state index < -0.39 is 18.6 Å². The van der Waals surface area contributed by atoms with Gasteiger partial charge in [-0.05, 0) is 6.07 Å². The van der Waals surface area contributed by atoms with Crippen molar-refractivity contribution in [3.8, 4) is 11.5 Å². The third kappa shape index (κ3) is 3.81. The molecule has 0 aliphatic heterocycles. The zero-order chi connectivity index (χ0) is 13.1. The van der Waals surface area contributed by atoms with Gasteiger partial charge in [-0.3, -0.25) is 0 Å². The number of benzene rings is 1. The molecule has 0 aliphatic carbocycles. The molecule has 0 unspecified atom stereocenters. The van der Waals surface area contributed by atoms with Gasteiger partial charge in [0.1, 0.15) is 11.5 Å². The van der Waals surface area contributed by atoms with Gasteiger partial charge in [0.2, 0.25) is 0 Å². The molecule has 0 heterocycles. The number of alkyl halides is 3. The SMILES string of the molecule is COc1ccc([C@@H](N)CC(F)(F)F)c(OC)c1. The Kier molecular flexibility index (Phi) is 4.22. The highest BCUT2D eigenvalue weighted by Crippen LogP contribution is 2.34. The summed E-state index contributed by atoms with van der Waals surface area (Å²) in [6.07, 6.45) is -5.39. The highest BCUT2D eigenvalue weighted by molar-refractivity contribution is 5.42. The molecule has 0 radical (unpaired) electrons. The second-order valence-electron chi connectivity index (χ2n) is 3.53. The van der Waals surface area contributed by atoms with Crippen LogP contribution in [0.2, 0.25) is 0 Å². The van der Waals surface area contributed by atoms with Gasteiger partial charge in [0.05, 0.1) is 20.6 Å². The number of nitrogens with two attached hydrogens (primary N) is 1. The Morgan fingerprint density at radius 2 is 1.88 bits per heavy atom. The predicted octanol–water partition coefficient (Wildman–Crippen LogP) is 2.66. The van der Waals surface area contributed by atoms with Crippen molar-refractivity contribution >= 4 is 0 Å². The minimum absolute atomic E-state index is 0.293. The lowest BCUT2D eigenvalue weighted by Gasteiger charge is -2.17. The fourth-order valence-corrected chi connectivity index (χ4v) is 1.48. The molecular weight excluding hydrogens is 235 g/mol. The highest BCUT2D eigenvalue weighted by atomic mass is 19.4. The summed E-state index contributed by atoms with van der Waals surface area (Å²) in [5.74, 6) is 0.797. The van der Waals surface area contributed by atoms with Crippen molar-refractivity contribution in [3.63, 3.8) is 0 Å². The minimum atomic E-state index is -4.30. The molecule has 0 saturated carbocycles. The molecule has 1 atom stereocenters. The normalized spacial score (nSPS) is 13.3. The zero-order valence-electron chi connectivity index (χ0n) is 9.54. The Labute approximate surface area is 97.3 Å². The second-order valence-corrected chi connectivity index (χ2v) is 3.53. The van der Waals surface area contributed by atoms with Gasteiger partial charge < -0.3 is 15.2 Å². The summed E-state index contributed by atoms with van der Waals surface area (Å²) >= 11 is 0. The summed E-state index contributed by atoms with van der Waals surface area (Å²) in [7, 11) is 2.84. The molecule has 17 heavy (non-hydrogen) atoms. The maximum atomic E-state index is 12.2. The van der Waals surface area contributed by atoms with E-state index in [1.807, 2.05) is 0 Å². The fraction of sp³-hybridized carbons (Fsp3) is 0.455. The average Bonchev–Trinajstić information content (AvgIpc) is 2.25. The lowest BCUT2D eigenvalue weighted by molar-refractivity contribution is -0.138. The van der Waals surface area contributed by atoms with E-state index in [0.29, 0.717) is 17.1 Å². The van der Waals surface area contributed by atoms with Crippen molar-refractivity contribution < 1.29 is 22.6 Å². The maximum Gasteiger partial charge on any atom is 0.390 e. The standard InChI is InChI=1S/C11H14F3NO2/c1-16-7-3-4-8(10(5-7)17-2)9(15)6-11(12,13)14/h3-5,9H,6,15H2,1-2H3/t9-/m0/s1. The van der Waals surface area contributed by atoms with E-state index in [-0.39, 0.29) is 0 Å². The van der Waals surface area contributed by atoms with E-state index in [0.717, 1.165) is 0 Å². The van der Waals surface area contributed by atoms with Gasteiger partial charge in [-0.2, -0.15) is 13.2 Å². The van der Waals surface area contributed by atoms with Crippen LogP contribution in [0.5, 0.6) is 11.5 Å². The van der Waals surface area contributed by atoms with Crippen LogP contribution in [0.4, 0.5) is 13.2 Å². The van der Waals surface area contributed by atoms with Crippen LogP contribution in [-0.2, 0) is 0 Å². The van der Waals surface area contributed by atoms with Gasteiger partial charge in [-0.15, -0.1) is 0 Å². The molecular formula is C11H14F3NO2. The first kappa shape index (κ1) is 13.6. The first-order chi connectivity index (χ1) is 7.87. The molecule has 0 bridgehead atoms. The van der Waals surface area contributed by atoms with E-state index in [4.69, 9.17) is 15.2 Å². The lowest BCUT2D eigenvalue weighted by Crippen LogP contribution is -2.20. The minimum Gasteiger partial charge on any atom is -0.497 e. The zero-order valence-corrected chi connectivity index (χ0v) is 9.54. The van der Waals surface area contributed by atoms with Crippen LogP contribution < -0.4 is 15.2 Å². The topological polar surface area (TPSA) is 44.5 Å². The van der Waals surface area contributed by atoms with E-state index in [1.165, 1.54) is 26.4 Å². The third-order valence-corrected chi connectivity index (χ3v) is 2.29. The molecule has 96 valence electrons. The summed E-state index contributed by atoms with van der Waals surface area (Å²) in [6.45, 7) is 0. The number of hydrogen-bond donors (Lipinski definition) is 1. The lowest BCUT2D eigenvalue weighted by atomic mass is 10.0. The molecule has 0 aliphatic rings. The molecule has 0 aromatic heterocycles. The second kappa shape index (κ2) is 5.27. The van der Waals surface area contributed by atoms with Crippen LogP contribution in [0.25, 0.3) is 0 Å². The summed E-state index contributed by atoms with van der Waals surface area (Å²) in [5.41, 5.74) is 5.82. The molecule has 1 aromatic carbocycles. The molecule has 6 heteroatoms. The van der Waals surface area contributed by atoms with Gasteiger partial charge in [-0.25, -0.2) is 0 Å². The quantitative estimate of drug-likeness (QED) is 0.892. The van der Waals surface area contributed by atoms with Crippen LogP contribution in [-0.4, -0.2) is 20.4 Å². The van der Waals surface area contributed by atoms with Crippen molar-refractivity contribution in [2.75, 3.05) is 14.2 Å². The molecule has 0 saturated heterocycles. The fourth-order valence-electron chi connectivity index (χ4n) is 1.48. The smallest absolute Gasteiger partial charge is 0.390 e. The van der Waals surface area contributed by atoms with Gasteiger partial charge in [0.25, 0.3) is 0 Å². The van der Waals surface area contributed by atoms with Crippen LogP contribution in [0.15, 0.2) is 18.2 Å². The molecule has 0 spiro atoms. The summed E-state index contributed by atoms with van der Waals surface area (Å²) in [6, 6.07) is 3.39. The van der Waals surface area contributed by atoms with Crippen molar-refractivity contribution in [2.45, 2.75) is 18.6 Å². The van der Waals surface area contributed by atoms with E-state index in [1.54, 1.807) is 6.07 Å². The number of ether oxygens (including phenoxy) is 2. The molecule has 1 aromatic rings. The molecule has 1 rings (SSSR count). The van der Waals surface area contributed by atoms with E-state index >= 15 is 0 Å². The third-order valence-electron chi connectivity index (χ3n) is 2.29. The number of halogens is 3. The Bertz CT molecular complexity index is 379. The van der Waals surface area contributed by atoms with Crippen molar-refractivity contribution in [2.24, 2.45) is 5.73 Å². The average molecular weight is 249 g/mol. The Morgan fingerprint density at radius 3 is 2.35 bits per heavy atom. The summed E-state index contributed by atoms with van der Waals surface area (Å²) < 4.78 is 46.6. The molecule has 2 N–H and O–H groups in total. The molecule has 0 fully saturated rings. The van der Waals surface area contributed by atoms with E-state index in [2.05, 4.69) is 0 Å². The first-order valence-electron chi connectivity index (χ1n) is 4.91. The largest absolute Gasteiger partial charge is 0.497 e. The highest BCUT2D eigenvalue weighted by Gasteiger charge is 2.32. The molecule has 0 amide bonds. The Morgan fingerprint density at radius 1 is 1.24 bits per heavy atom. The van der Waals surface area contributed by atoms with Crippen LogP contribution in [0.1, 0.15) is 18.0 Å². The van der Waals surface area contributed by atoms with Crippen molar-refractivity contribution in [3.05, 3.63) is 23.8 Å². The van der Waals surface area contributed by atoms with Crippen molar-refractivity contribution in [1.29, 1.82) is 0 Å². The summed E-state index contributed by atoms with van der Waals surface area (Å²) in [5, 5.41) is 0. The van der Waals surface area contributed by atoms with Crippen molar-refractivity contribution in [1.82, 2.24) is 0 Å². The number of methoxy groups -OCH3 is 2. The molecule has 3 nitrogen and oxygen atoms in total. The van der Waals surface area contributed by atoms with Crippen LogP contribution in [0, 0.1) is 0 Å². The van der Waals surface area contributed by atoms with Gasteiger partial charge in [0, 0.05) is 17.7 Å².